The Labute approximate surface area is 144 Å². The number of benzene rings is 1. The van der Waals surface area contributed by atoms with Gasteiger partial charge in [0.05, 0.1) is 18.5 Å². The van der Waals surface area contributed by atoms with Crippen molar-refractivity contribution in [3.05, 3.63) is 58.5 Å². The Morgan fingerprint density at radius 3 is 2.68 bits per heavy atom. The van der Waals surface area contributed by atoms with Gasteiger partial charge >= 0.3 is 5.97 Å². The molecule has 0 bridgehead atoms. The van der Waals surface area contributed by atoms with Gasteiger partial charge in [-0.1, -0.05) is 23.4 Å². The van der Waals surface area contributed by atoms with Gasteiger partial charge in [0, 0.05) is 12.6 Å². The van der Waals surface area contributed by atoms with Crippen LogP contribution in [0.4, 0.5) is 0 Å². The average molecular weight is 342 g/mol. The van der Waals surface area contributed by atoms with E-state index in [0.717, 1.165) is 5.71 Å². The third-order valence-electron chi connectivity index (χ3n) is 3.82. The molecule has 2 aromatic rings. The first kappa shape index (κ1) is 16.8. The van der Waals surface area contributed by atoms with Crippen LogP contribution in [0.15, 0.2) is 52.7 Å². The summed E-state index contributed by atoms with van der Waals surface area (Å²) in [6, 6.07) is 8.73. The van der Waals surface area contributed by atoms with Crippen molar-refractivity contribution in [2.75, 3.05) is 0 Å². The number of ether oxygens (including phenoxy) is 1. The lowest BCUT2D eigenvalue weighted by Crippen LogP contribution is -2.32. The third-order valence-corrected chi connectivity index (χ3v) is 3.82. The molecule has 25 heavy (non-hydrogen) atoms. The van der Waals surface area contributed by atoms with Gasteiger partial charge in [0.2, 0.25) is 5.43 Å². The van der Waals surface area contributed by atoms with Crippen LogP contribution >= 0.6 is 0 Å². The second-order valence-electron chi connectivity index (χ2n) is 6.30. The lowest BCUT2D eigenvalue weighted by atomic mass is 10.0. The van der Waals surface area contributed by atoms with Crippen LogP contribution in [0.25, 0.3) is 0 Å². The minimum Gasteiger partial charge on any atom is -0.477 e. The van der Waals surface area contributed by atoms with E-state index in [0.29, 0.717) is 18.7 Å². The number of carboxylic acids is 1. The molecule has 1 aliphatic rings. The van der Waals surface area contributed by atoms with E-state index in [2.05, 4.69) is 5.16 Å². The molecule has 1 N–H and O–H groups in total. The number of rotatable bonds is 5. The van der Waals surface area contributed by atoms with Crippen LogP contribution in [-0.4, -0.2) is 27.0 Å². The zero-order valence-electron chi connectivity index (χ0n) is 13.9. The first-order valence-corrected chi connectivity index (χ1v) is 7.78. The van der Waals surface area contributed by atoms with Crippen molar-refractivity contribution >= 4 is 11.7 Å². The van der Waals surface area contributed by atoms with Crippen molar-refractivity contribution in [3.8, 4) is 11.5 Å². The number of carboxylic acid groups (broad SMARTS) is 1. The summed E-state index contributed by atoms with van der Waals surface area (Å²) < 4.78 is 7.19. The fourth-order valence-corrected chi connectivity index (χ4v) is 2.80. The largest absolute Gasteiger partial charge is 0.477 e. The van der Waals surface area contributed by atoms with E-state index >= 15 is 0 Å². The highest BCUT2D eigenvalue weighted by Gasteiger charge is 2.33. The highest BCUT2D eigenvalue weighted by molar-refractivity contribution is 5.87. The highest BCUT2D eigenvalue weighted by atomic mass is 16.7. The average Bonchev–Trinajstić information content (AvgIpc) is 2.90. The molecule has 3 rings (SSSR count). The molecule has 0 amide bonds. The maximum absolute atomic E-state index is 12.4. The van der Waals surface area contributed by atoms with Crippen molar-refractivity contribution in [3.63, 3.8) is 0 Å². The first-order valence-electron chi connectivity index (χ1n) is 7.78. The van der Waals surface area contributed by atoms with Crippen LogP contribution in [0.5, 0.6) is 11.5 Å². The zero-order chi connectivity index (χ0) is 18.0. The normalized spacial score (nSPS) is 19.2. The van der Waals surface area contributed by atoms with Crippen molar-refractivity contribution in [2.45, 2.75) is 32.4 Å². The van der Waals surface area contributed by atoms with Gasteiger partial charge in [-0.05, 0) is 26.0 Å². The van der Waals surface area contributed by atoms with Crippen molar-refractivity contribution < 1.29 is 19.5 Å². The summed E-state index contributed by atoms with van der Waals surface area (Å²) in [6.07, 6.45) is 3.41. The molecule has 7 heteroatoms. The fraction of sp³-hybridized carbons (Fsp3) is 0.278. The second kappa shape index (κ2) is 6.43. The predicted octanol–water partition coefficient (Wildman–Crippen LogP) is 2.89. The van der Waals surface area contributed by atoms with Crippen molar-refractivity contribution in [2.24, 2.45) is 5.16 Å². The Kier molecular flexibility index (Phi) is 4.31. The molecule has 0 aliphatic carbocycles. The van der Waals surface area contributed by atoms with E-state index < -0.39 is 17.0 Å². The number of para-hydroxylation sites is 1. The van der Waals surface area contributed by atoms with E-state index in [9.17, 15) is 14.7 Å². The summed E-state index contributed by atoms with van der Waals surface area (Å²) in [5.74, 6) is -0.899. The molecule has 2 heterocycles. The first-order chi connectivity index (χ1) is 11.9. The van der Waals surface area contributed by atoms with Crippen LogP contribution in [0.2, 0.25) is 0 Å². The van der Waals surface area contributed by atoms with Gasteiger partial charge in [0.1, 0.15) is 11.3 Å². The van der Waals surface area contributed by atoms with Gasteiger partial charge in [-0.3, -0.25) is 4.79 Å². The molecule has 0 saturated heterocycles. The number of nitrogens with zero attached hydrogens (tertiary/aromatic N) is 2. The molecular weight excluding hydrogens is 324 g/mol. The molecule has 1 aromatic carbocycles. The molecule has 0 saturated carbocycles. The summed E-state index contributed by atoms with van der Waals surface area (Å²) in [6.45, 7) is 4.08. The SMILES string of the molecule is CC1=NO[C@](C)(Cn2cc(Oc3ccccc3)c(=O)c(C(=O)O)c2)C1. The number of aromatic nitrogens is 1. The molecular formula is C18H18N2O5. The summed E-state index contributed by atoms with van der Waals surface area (Å²) in [7, 11) is 0. The molecule has 1 atom stereocenters. The minimum absolute atomic E-state index is 0.0506. The minimum atomic E-state index is -1.30. The van der Waals surface area contributed by atoms with E-state index in [1.165, 1.54) is 12.4 Å². The van der Waals surface area contributed by atoms with E-state index in [-0.39, 0.29) is 11.3 Å². The Morgan fingerprint density at radius 2 is 2.08 bits per heavy atom. The van der Waals surface area contributed by atoms with Crippen LogP contribution in [0, 0.1) is 0 Å². The topological polar surface area (TPSA) is 90.1 Å². The van der Waals surface area contributed by atoms with Crippen LogP contribution in [0.1, 0.15) is 30.6 Å². The summed E-state index contributed by atoms with van der Waals surface area (Å²) in [5.41, 5.74) is -0.758. The van der Waals surface area contributed by atoms with E-state index in [1.54, 1.807) is 28.8 Å². The molecule has 0 fully saturated rings. The quantitative estimate of drug-likeness (QED) is 0.902. The summed E-state index contributed by atoms with van der Waals surface area (Å²) >= 11 is 0. The summed E-state index contributed by atoms with van der Waals surface area (Å²) in [5, 5.41) is 13.3. The van der Waals surface area contributed by atoms with Crippen molar-refractivity contribution in [1.82, 2.24) is 4.57 Å². The standard InChI is InChI=1S/C18H18N2O5/c1-12-8-18(2,25-19-12)11-20-9-14(17(22)23)16(21)15(10-20)24-13-6-4-3-5-7-13/h3-7,9-10H,8,11H2,1-2H3,(H,22,23)/t18-/m0/s1. The van der Waals surface area contributed by atoms with Crippen molar-refractivity contribution in [1.29, 1.82) is 0 Å². The van der Waals surface area contributed by atoms with Crippen LogP contribution in [-0.2, 0) is 11.4 Å². The number of oxime groups is 1. The van der Waals surface area contributed by atoms with Gasteiger partial charge in [-0.2, -0.15) is 0 Å². The predicted molar refractivity (Wildman–Crippen MR) is 91.4 cm³/mol. The van der Waals surface area contributed by atoms with Gasteiger partial charge in [0.15, 0.2) is 11.4 Å². The number of hydrogen-bond donors (Lipinski definition) is 1. The smallest absolute Gasteiger partial charge is 0.341 e. The summed E-state index contributed by atoms with van der Waals surface area (Å²) in [4.78, 5) is 29.2. The second-order valence-corrected chi connectivity index (χ2v) is 6.30. The highest BCUT2D eigenvalue weighted by Crippen LogP contribution is 2.26. The van der Waals surface area contributed by atoms with Gasteiger partial charge in [-0.25, -0.2) is 4.79 Å². The number of hydrogen-bond acceptors (Lipinski definition) is 5. The maximum atomic E-state index is 12.4. The molecule has 1 aromatic heterocycles. The van der Waals surface area contributed by atoms with Gasteiger partial charge < -0.3 is 19.2 Å². The van der Waals surface area contributed by atoms with E-state index in [4.69, 9.17) is 9.57 Å². The zero-order valence-corrected chi connectivity index (χ0v) is 13.9. The lowest BCUT2D eigenvalue weighted by molar-refractivity contribution is -0.0166. The molecule has 0 radical (unpaired) electrons. The Hall–Kier alpha value is -3.09. The van der Waals surface area contributed by atoms with Crippen LogP contribution in [0.3, 0.4) is 0 Å². The number of carbonyl (C=O) groups is 1. The lowest BCUT2D eigenvalue weighted by Gasteiger charge is -2.23. The Bertz CT molecular complexity index is 888. The fourth-order valence-electron chi connectivity index (χ4n) is 2.80. The molecule has 0 spiro atoms. The Balaban J connectivity index is 1.96. The molecule has 7 nitrogen and oxygen atoms in total. The molecule has 130 valence electrons. The Morgan fingerprint density at radius 1 is 1.36 bits per heavy atom. The van der Waals surface area contributed by atoms with Gasteiger partial charge in [-0.15, -0.1) is 0 Å². The molecule has 0 unspecified atom stereocenters. The third kappa shape index (κ3) is 3.71. The number of aromatic carboxylic acids is 1. The van der Waals surface area contributed by atoms with Crippen LogP contribution < -0.4 is 10.2 Å². The molecule has 1 aliphatic heterocycles. The maximum Gasteiger partial charge on any atom is 0.341 e. The monoisotopic (exact) mass is 342 g/mol. The van der Waals surface area contributed by atoms with E-state index in [1.807, 2.05) is 19.9 Å². The van der Waals surface area contributed by atoms with Gasteiger partial charge in [0.25, 0.3) is 0 Å². The number of pyridine rings is 1.